The second-order valence-electron chi connectivity index (χ2n) is 19.6. The maximum Gasteiger partial charge on any atom is 0.472 e. The number of esters is 2. The van der Waals surface area contributed by atoms with Gasteiger partial charge in [-0.05, 0) is 109 Å². The number of phosphoric ester groups is 1. The number of hydrogen-bond donors (Lipinski definition) is 1. The minimum atomic E-state index is -4.40. The third-order valence-corrected chi connectivity index (χ3v) is 12.4. The molecule has 0 bridgehead atoms. The second kappa shape index (κ2) is 53.0. The number of rotatable bonds is 50. The van der Waals surface area contributed by atoms with Crippen molar-refractivity contribution < 1.29 is 42.1 Å². The fourth-order valence-electron chi connectivity index (χ4n) is 7.02. The first-order chi connectivity index (χ1) is 35.5. The van der Waals surface area contributed by atoms with E-state index in [1.54, 1.807) is 0 Å². The van der Waals surface area contributed by atoms with Crippen LogP contribution in [0.5, 0.6) is 0 Å². The summed E-state index contributed by atoms with van der Waals surface area (Å²) in [4.78, 5) is 35.6. The first-order valence-electron chi connectivity index (χ1n) is 28.4. The minimum Gasteiger partial charge on any atom is -0.462 e. The summed E-state index contributed by atoms with van der Waals surface area (Å²) in [5.41, 5.74) is 0. The summed E-state index contributed by atoms with van der Waals surface area (Å²) in [6.07, 6.45) is 76.6. The Morgan fingerprint density at radius 1 is 0.438 bits per heavy atom. The van der Waals surface area contributed by atoms with E-state index >= 15 is 0 Å². The molecule has 0 saturated carbocycles. The molecule has 0 aromatic rings. The van der Waals surface area contributed by atoms with E-state index in [1.165, 1.54) is 32.1 Å². The molecule has 0 aliphatic carbocycles. The molecule has 0 fully saturated rings. The average Bonchev–Trinajstić information content (AvgIpc) is 3.35. The predicted octanol–water partition coefficient (Wildman–Crippen LogP) is 17.8. The smallest absolute Gasteiger partial charge is 0.462 e. The molecule has 414 valence electrons. The van der Waals surface area contributed by atoms with Gasteiger partial charge in [-0.2, -0.15) is 0 Å². The number of nitrogens with zero attached hydrogens (tertiary/aromatic N) is 1. The first kappa shape index (κ1) is 69.2. The first-order valence-corrected chi connectivity index (χ1v) is 29.9. The van der Waals surface area contributed by atoms with Crippen molar-refractivity contribution in [1.82, 2.24) is 0 Å². The topological polar surface area (TPSA) is 108 Å². The Hall–Kier alpha value is -3.85. The quantitative estimate of drug-likeness (QED) is 0.0211. The molecule has 0 rings (SSSR count). The van der Waals surface area contributed by atoms with Gasteiger partial charge in [-0.15, -0.1) is 0 Å². The molecule has 73 heavy (non-hydrogen) atoms. The molecule has 10 heteroatoms. The number of likely N-dealkylation sites (N-methyl/N-ethyl adjacent to an activating group) is 1. The van der Waals surface area contributed by atoms with Gasteiger partial charge in [0.15, 0.2) is 6.10 Å². The molecule has 2 unspecified atom stereocenters. The number of quaternary nitrogens is 1. The summed E-state index contributed by atoms with van der Waals surface area (Å²) >= 11 is 0. The number of carbonyl (C=O) groups excluding carboxylic acids is 2. The number of phosphoric acid groups is 1. The lowest BCUT2D eigenvalue weighted by Crippen LogP contribution is -2.37. The fraction of sp³-hybridized carbons (Fsp3) is 0.619. The monoisotopic (exact) mass is 1030 g/mol. The zero-order valence-electron chi connectivity index (χ0n) is 46.8. The Kier molecular flexibility index (Phi) is 50.2. The van der Waals surface area contributed by atoms with Crippen LogP contribution in [-0.2, 0) is 32.7 Å². The molecule has 9 nitrogen and oxygen atoms in total. The summed E-state index contributed by atoms with van der Waals surface area (Å²) in [6, 6.07) is 0. The lowest BCUT2D eigenvalue weighted by atomic mass is 10.1. The number of ether oxygens (including phenoxy) is 2. The van der Waals surface area contributed by atoms with Gasteiger partial charge in [0, 0.05) is 12.8 Å². The Labute approximate surface area is 447 Å². The van der Waals surface area contributed by atoms with Crippen molar-refractivity contribution in [2.45, 2.75) is 206 Å². The molecule has 2 atom stereocenters. The molecular weight excluding hydrogens is 930 g/mol. The van der Waals surface area contributed by atoms with Crippen molar-refractivity contribution in [3.8, 4) is 0 Å². The molecule has 0 radical (unpaired) electrons. The van der Waals surface area contributed by atoms with Crippen LogP contribution in [0.2, 0.25) is 0 Å². The van der Waals surface area contributed by atoms with Crippen molar-refractivity contribution in [3.05, 3.63) is 134 Å². The van der Waals surface area contributed by atoms with Gasteiger partial charge in [-0.3, -0.25) is 18.6 Å². The van der Waals surface area contributed by atoms with Gasteiger partial charge in [-0.1, -0.05) is 212 Å². The number of unbranched alkanes of at least 4 members (excludes halogenated alkanes) is 14. The fourth-order valence-corrected chi connectivity index (χ4v) is 7.76. The highest BCUT2D eigenvalue weighted by atomic mass is 31.2. The molecule has 0 aliphatic rings. The summed E-state index contributed by atoms with van der Waals surface area (Å²) in [5, 5.41) is 0. The minimum absolute atomic E-state index is 0.0197. The molecule has 0 aromatic carbocycles. The number of hydrogen-bond acceptors (Lipinski definition) is 7. The van der Waals surface area contributed by atoms with Gasteiger partial charge in [0.05, 0.1) is 27.7 Å². The van der Waals surface area contributed by atoms with Gasteiger partial charge >= 0.3 is 19.8 Å². The van der Waals surface area contributed by atoms with Gasteiger partial charge in [-0.25, -0.2) is 4.57 Å². The maximum atomic E-state index is 12.8. The van der Waals surface area contributed by atoms with Gasteiger partial charge < -0.3 is 18.9 Å². The Bertz CT molecular complexity index is 1690. The van der Waals surface area contributed by atoms with E-state index in [2.05, 4.69) is 148 Å². The van der Waals surface area contributed by atoms with Crippen LogP contribution in [0.1, 0.15) is 200 Å². The average molecular weight is 1040 g/mol. The van der Waals surface area contributed by atoms with E-state index in [4.69, 9.17) is 18.5 Å². The molecule has 1 N–H and O–H groups in total. The molecule has 0 aliphatic heterocycles. The van der Waals surface area contributed by atoms with Crippen LogP contribution < -0.4 is 0 Å². The van der Waals surface area contributed by atoms with E-state index in [9.17, 15) is 19.0 Å². The zero-order chi connectivity index (χ0) is 53.5. The standard InChI is InChI=1S/C63H104NO8P/c1-6-8-10-12-14-16-18-20-22-23-24-25-26-27-28-29-30-31-32-33-34-35-36-37-38-39-40-41-42-44-46-48-50-52-54-56-63(66)72-61(60-71-73(67,68)70-58-57-64(3,4)5)59-69-62(65)55-53-51-49-47-45-43-21-19-17-15-13-11-9-7-2/h8,10,13-16,19-22,24-25,27-28,30-31,33-34,36-37,39-40,61H,6-7,9,11-12,17-18,23,26,29,32,35,38,41-60H2,1-5H3/p+1/b10-8-,15-13-,16-14-,21-19-,22-20-,25-24-,28-27-,31-30-,34-33-,37-36-,40-39-. The molecule has 0 amide bonds. The Morgan fingerprint density at radius 2 is 0.781 bits per heavy atom. The van der Waals surface area contributed by atoms with Crippen LogP contribution in [0, 0.1) is 0 Å². The molecule has 0 aromatic heterocycles. The molecular formula is C63H105NO8P+. The van der Waals surface area contributed by atoms with E-state index < -0.39 is 32.5 Å². The van der Waals surface area contributed by atoms with Gasteiger partial charge in [0.1, 0.15) is 19.8 Å². The third kappa shape index (κ3) is 57.3. The van der Waals surface area contributed by atoms with E-state index in [0.717, 1.165) is 128 Å². The van der Waals surface area contributed by atoms with Crippen LogP contribution in [0.3, 0.4) is 0 Å². The maximum absolute atomic E-state index is 12.8. The predicted molar refractivity (Wildman–Crippen MR) is 311 cm³/mol. The van der Waals surface area contributed by atoms with Crippen molar-refractivity contribution in [2.24, 2.45) is 0 Å². The van der Waals surface area contributed by atoms with Crippen molar-refractivity contribution in [2.75, 3.05) is 47.5 Å². The van der Waals surface area contributed by atoms with Crippen LogP contribution >= 0.6 is 7.82 Å². The SMILES string of the molecule is CC/C=C\C/C=C\C/C=C\C/C=C\C/C=C\C/C=C\C/C=C\C/C=C\C/C=C\CCCCCCCCCC(=O)OC(COC(=O)CCCCCCC/C=C\C/C=C\CCCC)COP(=O)(O)OCC[N+](C)(C)C. The number of allylic oxidation sites excluding steroid dienone is 22. The largest absolute Gasteiger partial charge is 0.472 e. The lowest BCUT2D eigenvalue weighted by Gasteiger charge is -2.24. The highest BCUT2D eigenvalue weighted by molar-refractivity contribution is 7.47. The van der Waals surface area contributed by atoms with E-state index in [0.29, 0.717) is 23.9 Å². The van der Waals surface area contributed by atoms with Crippen molar-refractivity contribution in [1.29, 1.82) is 0 Å². The van der Waals surface area contributed by atoms with E-state index in [1.807, 2.05) is 21.1 Å². The second-order valence-corrected chi connectivity index (χ2v) is 21.0. The molecule has 0 saturated heterocycles. The summed E-state index contributed by atoms with van der Waals surface area (Å²) in [5.74, 6) is -0.838. The highest BCUT2D eigenvalue weighted by Crippen LogP contribution is 2.43. The normalized spacial score (nSPS) is 14.3. The van der Waals surface area contributed by atoms with Crippen LogP contribution in [0.25, 0.3) is 0 Å². The zero-order valence-corrected chi connectivity index (χ0v) is 47.7. The summed E-state index contributed by atoms with van der Waals surface area (Å²) in [6.45, 7) is 4.22. The Morgan fingerprint density at radius 3 is 1.16 bits per heavy atom. The highest BCUT2D eigenvalue weighted by Gasteiger charge is 2.27. The summed E-state index contributed by atoms with van der Waals surface area (Å²) < 4.78 is 34.5. The number of carbonyl (C=O) groups is 2. The van der Waals surface area contributed by atoms with Gasteiger partial charge in [0.2, 0.25) is 0 Å². The molecule has 0 spiro atoms. The molecule has 0 heterocycles. The van der Waals surface area contributed by atoms with Crippen LogP contribution in [0.4, 0.5) is 0 Å². The lowest BCUT2D eigenvalue weighted by molar-refractivity contribution is -0.870. The summed E-state index contributed by atoms with van der Waals surface area (Å²) in [7, 11) is 1.44. The van der Waals surface area contributed by atoms with Gasteiger partial charge in [0.25, 0.3) is 0 Å². The van der Waals surface area contributed by atoms with Crippen molar-refractivity contribution >= 4 is 19.8 Å². The van der Waals surface area contributed by atoms with Crippen LogP contribution in [0.15, 0.2) is 134 Å². The van der Waals surface area contributed by atoms with E-state index in [-0.39, 0.29) is 26.1 Å². The van der Waals surface area contributed by atoms with Crippen molar-refractivity contribution in [3.63, 3.8) is 0 Å². The van der Waals surface area contributed by atoms with Crippen LogP contribution in [-0.4, -0.2) is 74.9 Å². The third-order valence-electron chi connectivity index (χ3n) is 11.4. The Balaban J connectivity index is 4.20.